The van der Waals surface area contributed by atoms with Crippen molar-refractivity contribution in [2.75, 3.05) is 5.32 Å². The Hall–Kier alpha value is -1.08. The molecule has 4 nitrogen and oxygen atoms in total. The standard InChI is InChI=1S/C14H14BrClN2O2S/c1-9(13-6-5-10(15)7-14(13)16)18-11-3-2-4-12(8-11)21(17,19)20/h2-9,18H,1H3,(H2,17,19,20). The molecule has 0 aromatic heterocycles. The number of hydrogen-bond acceptors (Lipinski definition) is 3. The second-order valence-electron chi connectivity index (χ2n) is 4.60. The number of rotatable bonds is 4. The number of nitrogens with two attached hydrogens (primary N) is 1. The molecule has 0 fully saturated rings. The zero-order valence-electron chi connectivity index (χ0n) is 11.2. The third-order valence-electron chi connectivity index (χ3n) is 2.97. The van der Waals surface area contributed by atoms with Crippen LogP contribution in [0.15, 0.2) is 51.8 Å². The van der Waals surface area contributed by atoms with Crippen molar-refractivity contribution in [1.82, 2.24) is 0 Å². The molecule has 2 aromatic rings. The smallest absolute Gasteiger partial charge is 0.238 e. The van der Waals surface area contributed by atoms with Crippen LogP contribution in [-0.2, 0) is 10.0 Å². The summed E-state index contributed by atoms with van der Waals surface area (Å²) in [6.07, 6.45) is 0. The minimum absolute atomic E-state index is 0.0709. The minimum atomic E-state index is -3.71. The number of anilines is 1. The highest BCUT2D eigenvalue weighted by Crippen LogP contribution is 2.29. The lowest BCUT2D eigenvalue weighted by atomic mass is 10.1. The van der Waals surface area contributed by atoms with Crippen LogP contribution >= 0.6 is 27.5 Å². The number of halogens is 2. The highest BCUT2D eigenvalue weighted by Gasteiger charge is 2.12. The van der Waals surface area contributed by atoms with Gasteiger partial charge in [-0.25, -0.2) is 13.6 Å². The molecule has 7 heteroatoms. The Morgan fingerprint density at radius 3 is 2.57 bits per heavy atom. The van der Waals surface area contributed by atoms with Crippen molar-refractivity contribution in [3.05, 3.63) is 57.5 Å². The van der Waals surface area contributed by atoms with E-state index in [0.717, 1.165) is 10.0 Å². The molecule has 2 rings (SSSR count). The van der Waals surface area contributed by atoms with Crippen LogP contribution in [0.2, 0.25) is 5.02 Å². The molecule has 21 heavy (non-hydrogen) atoms. The van der Waals surface area contributed by atoms with Gasteiger partial charge in [0.2, 0.25) is 10.0 Å². The van der Waals surface area contributed by atoms with Crippen LogP contribution in [-0.4, -0.2) is 8.42 Å². The molecule has 0 radical (unpaired) electrons. The van der Waals surface area contributed by atoms with Crippen LogP contribution in [0.3, 0.4) is 0 Å². The number of primary sulfonamides is 1. The molecule has 0 aliphatic carbocycles. The molecule has 0 aliphatic rings. The topological polar surface area (TPSA) is 72.2 Å². The van der Waals surface area contributed by atoms with Gasteiger partial charge in [-0.1, -0.05) is 39.7 Å². The van der Waals surface area contributed by atoms with Crippen LogP contribution in [0, 0.1) is 0 Å². The van der Waals surface area contributed by atoms with Gasteiger partial charge >= 0.3 is 0 Å². The summed E-state index contributed by atoms with van der Waals surface area (Å²) in [4.78, 5) is 0.0709. The third kappa shape index (κ3) is 4.20. The summed E-state index contributed by atoms with van der Waals surface area (Å²) < 4.78 is 23.6. The molecule has 3 N–H and O–H groups in total. The largest absolute Gasteiger partial charge is 0.378 e. The molecule has 112 valence electrons. The molecule has 1 unspecified atom stereocenters. The van der Waals surface area contributed by atoms with Gasteiger partial charge in [-0.05, 0) is 42.8 Å². The highest BCUT2D eigenvalue weighted by atomic mass is 79.9. The minimum Gasteiger partial charge on any atom is -0.378 e. The van der Waals surface area contributed by atoms with Crippen molar-refractivity contribution in [3.8, 4) is 0 Å². The van der Waals surface area contributed by atoms with Crippen LogP contribution in [0.25, 0.3) is 0 Å². The third-order valence-corrected chi connectivity index (χ3v) is 4.71. The normalized spacial score (nSPS) is 13.0. The maximum absolute atomic E-state index is 11.4. The first-order chi connectivity index (χ1) is 9.77. The predicted molar refractivity (Wildman–Crippen MR) is 89.0 cm³/mol. The fourth-order valence-electron chi connectivity index (χ4n) is 1.94. The quantitative estimate of drug-likeness (QED) is 0.832. The molecule has 0 spiro atoms. The van der Waals surface area contributed by atoms with Crippen LogP contribution in [0.5, 0.6) is 0 Å². The van der Waals surface area contributed by atoms with E-state index < -0.39 is 10.0 Å². The first kappa shape index (κ1) is 16.3. The molecule has 0 amide bonds. The molecule has 0 aliphatic heterocycles. The maximum atomic E-state index is 11.4. The molecule has 0 heterocycles. The predicted octanol–water partition coefficient (Wildman–Crippen LogP) is 3.92. The number of hydrogen-bond donors (Lipinski definition) is 2. The Morgan fingerprint density at radius 1 is 1.24 bits per heavy atom. The second-order valence-corrected chi connectivity index (χ2v) is 7.49. The van der Waals surface area contributed by atoms with E-state index in [-0.39, 0.29) is 10.9 Å². The molecule has 2 aromatic carbocycles. The van der Waals surface area contributed by atoms with E-state index >= 15 is 0 Å². The summed E-state index contributed by atoms with van der Waals surface area (Å²) in [7, 11) is -3.71. The first-order valence-electron chi connectivity index (χ1n) is 6.12. The Balaban J connectivity index is 2.25. The highest BCUT2D eigenvalue weighted by molar-refractivity contribution is 9.10. The van der Waals surface area contributed by atoms with Crippen molar-refractivity contribution in [2.45, 2.75) is 17.9 Å². The van der Waals surface area contributed by atoms with Gasteiger partial charge in [-0.2, -0.15) is 0 Å². The monoisotopic (exact) mass is 388 g/mol. The number of benzene rings is 2. The van der Waals surface area contributed by atoms with Crippen LogP contribution in [0.4, 0.5) is 5.69 Å². The van der Waals surface area contributed by atoms with Crippen molar-refractivity contribution in [2.24, 2.45) is 5.14 Å². The Kier molecular flexibility index (Phi) is 4.93. The number of nitrogens with one attached hydrogen (secondary N) is 1. The lowest BCUT2D eigenvalue weighted by Gasteiger charge is -2.17. The summed E-state index contributed by atoms with van der Waals surface area (Å²) in [5, 5.41) is 8.97. The molecule has 0 saturated heterocycles. The molecular formula is C14H14BrClN2O2S. The van der Waals surface area contributed by atoms with Crippen molar-refractivity contribution < 1.29 is 8.42 Å². The van der Waals surface area contributed by atoms with Gasteiger partial charge in [-0.3, -0.25) is 0 Å². The second kappa shape index (κ2) is 6.36. The first-order valence-corrected chi connectivity index (χ1v) is 8.83. The van der Waals surface area contributed by atoms with Gasteiger partial charge in [0.25, 0.3) is 0 Å². The van der Waals surface area contributed by atoms with E-state index in [0.29, 0.717) is 10.7 Å². The zero-order chi connectivity index (χ0) is 15.6. The lowest BCUT2D eigenvalue weighted by Crippen LogP contribution is -2.13. The Labute approximate surface area is 137 Å². The summed E-state index contributed by atoms with van der Waals surface area (Å²) in [5.41, 5.74) is 1.58. The van der Waals surface area contributed by atoms with Crippen molar-refractivity contribution in [3.63, 3.8) is 0 Å². The van der Waals surface area contributed by atoms with E-state index in [1.54, 1.807) is 12.1 Å². The van der Waals surface area contributed by atoms with Gasteiger partial charge in [-0.15, -0.1) is 0 Å². The van der Waals surface area contributed by atoms with E-state index in [1.807, 2.05) is 25.1 Å². The Bertz CT molecular complexity index is 765. The zero-order valence-corrected chi connectivity index (χ0v) is 14.3. The summed E-state index contributed by atoms with van der Waals surface area (Å²) in [6.45, 7) is 1.94. The van der Waals surface area contributed by atoms with Gasteiger partial charge in [0.15, 0.2) is 0 Å². The SMILES string of the molecule is CC(Nc1cccc(S(N)(=O)=O)c1)c1ccc(Br)cc1Cl. The van der Waals surface area contributed by atoms with Gasteiger partial charge < -0.3 is 5.32 Å². The molecule has 0 bridgehead atoms. The van der Waals surface area contributed by atoms with Gasteiger partial charge in [0.05, 0.1) is 4.90 Å². The number of sulfonamides is 1. The average Bonchev–Trinajstić information content (AvgIpc) is 2.37. The van der Waals surface area contributed by atoms with Crippen LogP contribution < -0.4 is 10.5 Å². The lowest BCUT2D eigenvalue weighted by molar-refractivity contribution is 0.598. The van der Waals surface area contributed by atoms with Gasteiger partial charge in [0.1, 0.15) is 0 Å². The van der Waals surface area contributed by atoms with Crippen molar-refractivity contribution in [1.29, 1.82) is 0 Å². The van der Waals surface area contributed by atoms with E-state index in [2.05, 4.69) is 21.2 Å². The molecule has 1 atom stereocenters. The average molecular weight is 390 g/mol. The van der Waals surface area contributed by atoms with Crippen molar-refractivity contribution >= 4 is 43.2 Å². The summed E-state index contributed by atoms with van der Waals surface area (Å²) in [6, 6.07) is 11.9. The van der Waals surface area contributed by atoms with E-state index in [4.69, 9.17) is 16.7 Å². The van der Waals surface area contributed by atoms with E-state index in [9.17, 15) is 8.42 Å². The van der Waals surface area contributed by atoms with E-state index in [1.165, 1.54) is 12.1 Å². The van der Waals surface area contributed by atoms with Crippen LogP contribution in [0.1, 0.15) is 18.5 Å². The summed E-state index contributed by atoms with van der Waals surface area (Å²) >= 11 is 9.57. The maximum Gasteiger partial charge on any atom is 0.238 e. The fourth-order valence-corrected chi connectivity index (χ4v) is 3.34. The fraction of sp³-hybridized carbons (Fsp3) is 0.143. The molecular weight excluding hydrogens is 376 g/mol. The Morgan fingerprint density at radius 2 is 1.95 bits per heavy atom. The molecule has 0 saturated carbocycles. The summed E-state index contributed by atoms with van der Waals surface area (Å²) in [5.74, 6) is 0. The van der Waals surface area contributed by atoms with Gasteiger partial charge in [0, 0.05) is 21.2 Å².